The third kappa shape index (κ3) is 3.48. The molecule has 1 atom stereocenters. The maximum Gasteiger partial charge on any atom is 0.226 e. The number of nitrogens with two attached hydrogens (primary N) is 1. The highest BCUT2D eigenvalue weighted by Gasteiger charge is 2.32. The van der Waals surface area contributed by atoms with Crippen molar-refractivity contribution in [3.63, 3.8) is 0 Å². The molecule has 0 amide bonds. The van der Waals surface area contributed by atoms with Crippen LogP contribution in [0.2, 0.25) is 0 Å². The Bertz CT molecular complexity index is 1330. The van der Waals surface area contributed by atoms with E-state index in [1.807, 2.05) is 28.6 Å². The SMILES string of the molecule is Cl.Cn1cc(N2C(c3cn(CCCN)c4ccc(F)cc34)=NNC2O)c2cc(F)ccc21. The summed E-state index contributed by atoms with van der Waals surface area (Å²) in [6.45, 7) is 1.20. The Kier molecular flexibility index (Phi) is 5.81. The first-order valence-corrected chi connectivity index (χ1v) is 10.0. The molecule has 4 N–H and O–H groups in total. The number of anilines is 1. The van der Waals surface area contributed by atoms with Gasteiger partial charge in [0.05, 0.1) is 11.2 Å². The van der Waals surface area contributed by atoms with E-state index in [-0.39, 0.29) is 24.0 Å². The van der Waals surface area contributed by atoms with Gasteiger partial charge in [-0.3, -0.25) is 10.3 Å². The van der Waals surface area contributed by atoms with Crippen LogP contribution in [0.4, 0.5) is 14.5 Å². The van der Waals surface area contributed by atoms with Crippen LogP contribution >= 0.6 is 12.4 Å². The van der Waals surface area contributed by atoms with Crippen LogP contribution in [0.5, 0.6) is 0 Å². The van der Waals surface area contributed by atoms with E-state index in [1.54, 1.807) is 17.0 Å². The van der Waals surface area contributed by atoms with Gasteiger partial charge in [0, 0.05) is 47.8 Å². The molecule has 168 valence electrons. The van der Waals surface area contributed by atoms with Gasteiger partial charge >= 0.3 is 0 Å². The first-order valence-electron chi connectivity index (χ1n) is 10.0. The molecule has 32 heavy (non-hydrogen) atoms. The number of hydrazone groups is 1. The lowest BCUT2D eigenvalue weighted by molar-refractivity contribution is 0.159. The van der Waals surface area contributed by atoms with Crippen molar-refractivity contribution in [2.75, 3.05) is 11.4 Å². The molecule has 1 aliphatic heterocycles. The molecule has 0 radical (unpaired) electrons. The molecule has 4 aromatic rings. The van der Waals surface area contributed by atoms with E-state index in [0.717, 1.165) is 17.5 Å². The molecule has 1 aliphatic rings. The number of aryl methyl sites for hydroxylation is 2. The molecule has 0 saturated carbocycles. The molecule has 0 aliphatic carbocycles. The number of fused-ring (bicyclic) bond motifs is 2. The zero-order valence-corrected chi connectivity index (χ0v) is 18.1. The van der Waals surface area contributed by atoms with Crippen LogP contribution in [0.15, 0.2) is 53.9 Å². The molecule has 2 aromatic heterocycles. The molecule has 0 saturated heterocycles. The fraction of sp³-hybridized carbons (Fsp3) is 0.227. The van der Waals surface area contributed by atoms with Crippen molar-refractivity contribution in [3.05, 3.63) is 66.0 Å². The number of amidine groups is 1. The lowest BCUT2D eigenvalue weighted by Crippen LogP contribution is -2.40. The second-order valence-corrected chi connectivity index (χ2v) is 7.63. The molecule has 0 bridgehead atoms. The van der Waals surface area contributed by atoms with E-state index in [2.05, 4.69) is 10.5 Å². The van der Waals surface area contributed by atoms with E-state index in [4.69, 9.17) is 5.73 Å². The fourth-order valence-corrected chi connectivity index (χ4v) is 4.21. The van der Waals surface area contributed by atoms with Gasteiger partial charge in [-0.05, 0) is 49.4 Å². The highest BCUT2D eigenvalue weighted by Crippen LogP contribution is 2.34. The molecular formula is C22H23ClF2N6O. The topological polar surface area (TPSA) is 83.7 Å². The van der Waals surface area contributed by atoms with E-state index < -0.39 is 6.35 Å². The fourth-order valence-electron chi connectivity index (χ4n) is 4.21. The summed E-state index contributed by atoms with van der Waals surface area (Å²) in [6, 6.07) is 9.11. The summed E-state index contributed by atoms with van der Waals surface area (Å²) in [5.41, 5.74) is 11.3. The third-order valence-electron chi connectivity index (χ3n) is 5.64. The van der Waals surface area contributed by atoms with Crippen molar-refractivity contribution in [2.24, 2.45) is 17.9 Å². The molecule has 10 heteroatoms. The number of benzene rings is 2. The summed E-state index contributed by atoms with van der Waals surface area (Å²) < 4.78 is 32.0. The zero-order chi connectivity index (χ0) is 21.7. The molecule has 2 aromatic carbocycles. The summed E-state index contributed by atoms with van der Waals surface area (Å²) in [5.74, 6) is -0.317. The van der Waals surface area contributed by atoms with Crippen LogP contribution in [0.25, 0.3) is 21.8 Å². The Balaban J connectivity index is 0.00000245. The Morgan fingerprint density at radius 2 is 1.75 bits per heavy atom. The lowest BCUT2D eigenvalue weighted by atomic mass is 10.1. The van der Waals surface area contributed by atoms with Crippen LogP contribution in [-0.4, -0.2) is 33.0 Å². The summed E-state index contributed by atoms with van der Waals surface area (Å²) in [5, 5.41) is 16.3. The second kappa shape index (κ2) is 8.42. The van der Waals surface area contributed by atoms with Gasteiger partial charge < -0.3 is 20.0 Å². The Hall–Kier alpha value is -3.14. The third-order valence-corrected chi connectivity index (χ3v) is 5.64. The largest absolute Gasteiger partial charge is 0.355 e. The van der Waals surface area contributed by atoms with Gasteiger partial charge in [-0.1, -0.05) is 0 Å². The van der Waals surface area contributed by atoms with Gasteiger partial charge in [-0.25, -0.2) is 8.78 Å². The van der Waals surface area contributed by atoms with Crippen LogP contribution in [0.3, 0.4) is 0 Å². The highest BCUT2D eigenvalue weighted by atomic mass is 35.5. The number of nitrogens with zero attached hydrogens (tertiary/aromatic N) is 4. The lowest BCUT2D eigenvalue weighted by Gasteiger charge is -2.22. The molecule has 0 fully saturated rings. The highest BCUT2D eigenvalue weighted by molar-refractivity contribution is 6.20. The average Bonchev–Trinajstić information content (AvgIpc) is 3.39. The van der Waals surface area contributed by atoms with Gasteiger partial charge in [0.15, 0.2) is 5.84 Å². The zero-order valence-electron chi connectivity index (χ0n) is 17.3. The molecule has 0 spiro atoms. The van der Waals surface area contributed by atoms with Crippen LogP contribution in [0, 0.1) is 11.6 Å². The van der Waals surface area contributed by atoms with E-state index in [1.165, 1.54) is 24.3 Å². The molecule has 7 nitrogen and oxygen atoms in total. The number of aromatic nitrogens is 2. The van der Waals surface area contributed by atoms with Crippen molar-refractivity contribution >= 4 is 45.7 Å². The first-order chi connectivity index (χ1) is 15.0. The number of hydrogen-bond acceptors (Lipinski definition) is 5. The van der Waals surface area contributed by atoms with Gasteiger partial charge in [-0.2, -0.15) is 5.10 Å². The Morgan fingerprint density at radius 1 is 1.06 bits per heavy atom. The van der Waals surface area contributed by atoms with Crippen LogP contribution in [-0.2, 0) is 13.6 Å². The smallest absolute Gasteiger partial charge is 0.226 e. The number of aliphatic hydroxyl groups excluding tert-OH is 1. The van der Waals surface area contributed by atoms with Crippen molar-refractivity contribution < 1.29 is 13.9 Å². The molecule has 3 heterocycles. The van der Waals surface area contributed by atoms with Gasteiger partial charge in [0.2, 0.25) is 6.35 Å². The van der Waals surface area contributed by atoms with Crippen molar-refractivity contribution in [1.29, 1.82) is 0 Å². The summed E-state index contributed by atoms with van der Waals surface area (Å²) >= 11 is 0. The number of nitrogens with one attached hydrogen (secondary N) is 1. The number of rotatable bonds is 5. The van der Waals surface area contributed by atoms with Gasteiger partial charge in [0.25, 0.3) is 0 Å². The van der Waals surface area contributed by atoms with Crippen molar-refractivity contribution in [1.82, 2.24) is 14.6 Å². The summed E-state index contributed by atoms with van der Waals surface area (Å²) in [4.78, 5) is 1.59. The maximum absolute atomic E-state index is 14.1. The number of halogens is 3. The second-order valence-electron chi connectivity index (χ2n) is 7.63. The Morgan fingerprint density at radius 3 is 2.47 bits per heavy atom. The Labute approximate surface area is 189 Å². The molecule has 1 unspecified atom stereocenters. The number of aliphatic hydroxyl groups is 1. The van der Waals surface area contributed by atoms with E-state index in [0.29, 0.717) is 40.9 Å². The van der Waals surface area contributed by atoms with Crippen LogP contribution in [0.1, 0.15) is 12.0 Å². The van der Waals surface area contributed by atoms with Crippen molar-refractivity contribution in [2.45, 2.75) is 19.3 Å². The minimum atomic E-state index is -1.15. The monoisotopic (exact) mass is 460 g/mol. The quantitative estimate of drug-likeness (QED) is 0.427. The maximum atomic E-state index is 14.1. The first kappa shape index (κ1) is 22.1. The van der Waals surface area contributed by atoms with Gasteiger partial charge in [-0.15, -0.1) is 12.4 Å². The normalized spacial score (nSPS) is 15.8. The molecular weight excluding hydrogens is 438 g/mol. The minimum absolute atomic E-state index is 0. The average molecular weight is 461 g/mol. The molecule has 5 rings (SSSR count). The predicted molar refractivity (Wildman–Crippen MR) is 124 cm³/mol. The van der Waals surface area contributed by atoms with E-state index >= 15 is 0 Å². The van der Waals surface area contributed by atoms with Gasteiger partial charge in [0.1, 0.15) is 11.6 Å². The van der Waals surface area contributed by atoms with E-state index in [9.17, 15) is 13.9 Å². The standard InChI is InChI=1S/C22H22F2N6O.ClH/c1-28-12-20(16-10-14(24)3-5-18(16)28)30-21(26-27-22(30)31)17-11-29(8-2-7-25)19-6-4-13(23)9-15(17)19;/h3-6,9-12,22,27,31H,2,7-8,25H2,1H3;1H. The van der Waals surface area contributed by atoms with Crippen molar-refractivity contribution in [3.8, 4) is 0 Å². The summed E-state index contributed by atoms with van der Waals surface area (Å²) in [7, 11) is 1.85. The van der Waals surface area contributed by atoms with Crippen LogP contribution < -0.4 is 16.1 Å². The minimum Gasteiger partial charge on any atom is -0.355 e. The number of hydrogen-bond donors (Lipinski definition) is 3. The summed E-state index contributed by atoms with van der Waals surface area (Å²) in [6.07, 6.45) is 3.31. The predicted octanol–water partition coefficient (Wildman–Crippen LogP) is 3.23.